The summed E-state index contributed by atoms with van der Waals surface area (Å²) < 4.78 is 5.74. The van der Waals surface area contributed by atoms with Crippen molar-refractivity contribution in [1.82, 2.24) is 5.32 Å². The van der Waals surface area contributed by atoms with E-state index in [9.17, 15) is 9.59 Å². The number of anilines is 2. The predicted octanol–water partition coefficient (Wildman–Crippen LogP) is 5.08. The monoisotopic (exact) mass is 419 g/mol. The number of hydrogen-bond donors (Lipinski definition) is 2. The number of rotatable bonds is 6. The molecule has 0 spiro atoms. The number of urea groups is 1. The Morgan fingerprint density at radius 2 is 2.00 bits per heavy atom. The average molecular weight is 420 g/mol. The summed E-state index contributed by atoms with van der Waals surface area (Å²) in [6.07, 6.45) is 1.07. The standard InChI is InChI=1S/C25H29N3O3/c1-7-13-28-21-12-11-20(15-22(21)31-17(4)23(28)29)26-24(30)27-25(5,6)19-10-8-9-18(14-19)16(2)3/h7-12,14-15,17H,1-2,13H2,3-6H3,(H2,26,27,30). The molecule has 3 amide bonds. The van der Waals surface area contributed by atoms with Crippen molar-refractivity contribution in [2.75, 3.05) is 16.8 Å². The quantitative estimate of drug-likeness (QED) is 0.642. The van der Waals surface area contributed by atoms with Crippen molar-refractivity contribution in [2.45, 2.75) is 39.3 Å². The Labute approximate surface area is 183 Å². The van der Waals surface area contributed by atoms with E-state index in [2.05, 4.69) is 23.8 Å². The Balaban J connectivity index is 1.76. The van der Waals surface area contributed by atoms with Gasteiger partial charge in [-0.1, -0.05) is 36.4 Å². The minimum atomic E-state index is -0.601. The molecule has 1 unspecified atom stereocenters. The maximum Gasteiger partial charge on any atom is 0.319 e. The van der Waals surface area contributed by atoms with Crippen LogP contribution in [0.5, 0.6) is 5.75 Å². The van der Waals surface area contributed by atoms with E-state index >= 15 is 0 Å². The summed E-state index contributed by atoms with van der Waals surface area (Å²) in [6, 6.07) is 12.9. The number of benzene rings is 2. The van der Waals surface area contributed by atoms with Crippen molar-refractivity contribution < 1.29 is 14.3 Å². The molecule has 1 aliphatic heterocycles. The van der Waals surface area contributed by atoms with E-state index in [1.54, 1.807) is 36.1 Å². The maximum atomic E-state index is 12.7. The van der Waals surface area contributed by atoms with E-state index in [0.29, 0.717) is 23.7 Å². The molecule has 0 saturated heterocycles. The van der Waals surface area contributed by atoms with Gasteiger partial charge in [0, 0.05) is 18.3 Å². The summed E-state index contributed by atoms with van der Waals surface area (Å²) in [5, 5.41) is 5.87. The van der Waals surface area contributed by atoms with E-state index in [1.165, 1.54) is 0 Å². The highest BCUT2D eigenvalue weighted by atomic mass is 16.5. The molecular formula is C25H29N3O3. The van der Waals surface area contributed by atoms with E-state index in [0.717, 1.165) is 16.7 Å². The third kappa shape index (κ3) is 4.79. The molecular weight excluding hydrogens is 390 g/mol. The van der Waals surface area contributed by atoms with Crippen molar-refractivity contribution in [3.8, 4) is 5.75 Å². The SMILES string of the molecule is C=CCN1C(=O)C(C)Oc2cc(NC(=O)NC(C)(C)c3cccc(C(=C)C)c3)ccc21. The van der Waals surface area contributed by atoms with Gasteiger partial charge in [0.05, 0.1) is 11.2 Å². The van der Waals surface area contributed by atoms with Crippen molar-refractivity contribution >= 4 is 28.9 Å². The van der Waals surface area contributed by atoms with Gasteiger partial charge in [0.2, 0.25) is 0 Å². The zero-order valence-electron chi connectivity index (χ0n) is 18.5. The third-order valence-corrected chi connectivity index (χ3v) is 5.24. The first kappa shape index (κ1) is 22.2. The number of nitrogens with zero attached hydrogens (tertiary/aromatic N) is 1. The Morgan fingerprint density at radius 1 is 1.26 bits per heavy atom. The van der Waals surface area contributed by atoms with Crippen LogP contribution in [0.2, 0.25) is 0 Å². The molecule has 31 heavy (non-hydrogen) atoms. The van der Waals surface area contributed by atoms with Gasteiger partial charge in [-0.2, -0.15) is 0 Å². The molecule has 6 nitrogen and oxygen atoms in total. The first-order valence-electron chi connectivity index (χ1n) is 10.2. The predicted molar refractivity (Wildman–Crippen MR) is 125 cm³/mol. The van der Waals surface area contributed by atoms with Gasteiger partial charge in [0.1, 0.15) is 5.75 Å². The molecule has 1 aliphatic rings. The van der Waals surface area contributed by atoms with Gasteiger partial charge in [-0.15, -0.1) is 6.58 Å². The van der Waals surface area contributed by atoms with Crippen LogP contribution >= 0.6 is 0 Å². The number of allylic oxidation sites excluding steroid dienone is 1. The van der Waals surface area contributed by atoms with Crippen molar-refractivity contribution in [3.63, 3.8) is 0 Å². The third-order valence-electron chi connectivity index (χ3n) is 5.24. The fourth-order valence-corrected chi connectivity index (χ4v) is 3.50. The zero-order chi connectivity index (χ0) is 22.8. The summed E-state index contributed by atoms with van der Waals surface area (Å²) in [7, 11) is 0. The fraction of sp³-hybridized carbons (Fsp3) is 0.280. The van der Waals surface area contributed by atoms with Gasteiger partial charge < -0.3 is 20.3 Å². The second-order valence-corrected chi connectivity index (χ2v) is 8.25. The van der Waals surface area contributed by atoms with Crippen LogP contribution in [-0.4, -0.2) is 24.6 Å². The number of fused-ring (bicyclic) bond motifs is 1. The van der Waals surface area contributed by atoms with Gasteiger partial charge in [-0.25, -0.2) is 4.79 Å². The highest BCUT2D eigenvalue weighted by Gasteiger charge is 2.31. The minimum absolute atomic E-state index is 0.121. The summed E-state index contributed by atoms with van der Waals surface area (Å²) >= 11 is 0. The molecule has 0 fully saturated rings. The second kappa shape index (κ2) is 8.68. The van der Waals surface area contributed by atoms with Crippen LogP contribution in [0.25, 0.3) is 5.57 Å². The summed E-state index contributed by atoms with van der Waals surface area (Å²) in [5.74, 6) is 0.421. The van der Waals surface area contributed by atoms with Gasteiger partial charge in [0.15, 0.2) is 6.10 Å². The van der Waals surface area contributed by atoms with Gasteiger partial charge >= 0.3 is 6.03 Å². The molecule has 2 aromatic rings. The normalized spacial score (nSPS) is 15.5. The number of nitrogens with one attached hydrogen (secondary N) is 2. The van der Waals surface area contributed by atoms with Gasteiger partial charge in [-0.3, -0.25) is 4.79 Å². The Morgan fingerprint density at radius 3 is 2.68 bits per heavy atom. The highest BCUT2D eigenvalue weighted by molar-refractivity contribution is 6.00. The largest absolute Gasteiger partial charge is 0.479 e. The van der Waals surface area contributed by atoms with Crippen LogP contribution < -0.4 is 20.3 Å². The van der Waals surface area contributed by atoms with Crippen LogP contribution in [0.15, 0.2) is 61.7 Å². The molecule has 6 heteroatoms. The molecule has 0 aliphatic carbocycles. The number of carbonyl (C=O) groups is 2. The topological polar surface area (TPSA) is 70.7 Å². The summed E-state index contributed by atoms with van der Waals surface area (Å²) in [5.41, 5.74) is 3.61. The maximum absolute atomic E-state index is 12.7. The minimum Gasteiger partial charge on any atom is -0.479 e. The summed E-state index contributed by atoms with van der Waals surface area (Å²) in [4.78, 5) is 26.7. The van der Waals surface area contributed by atoms with Crippen LogP contribution in [0.4, 0.5) is 16.2 Å². The molecule has 2 aromatic carbocycles. The number of carbonyl (C=O) groups excluding carboxylic acids is 2. The molecule has 0 saturated carbocycles. The highest BCUT2D eigenvalue weighted by Crippen LogP contribution is 2.36. The van der Waals surface area contributed by atoms with Crippen molar-refractivity contribution in [1.29, 1.82) is 0 Å². The fourth-order valence-electron chi connectivity index (χ4n) is 3.50. The molecule has 2 N–H and O–H groups in total. The van der Waals surface area contributed by atoms with E-state index in [1.807, 2.05) is 45.0 Å². The van der Waals surface area contributed by atoms with E-state index < -0.39 is 11.6 Å². The van der Waals surface area contributed by atoms with Gasteiger partial charge in [-0.05, 0) is 57.0 Å². The first-order chi connectivity index (χ1) is 14.6. The lowest BCUT2D eigenvalue weighted by Crippen LogP contribution is -2.44. The number of ether oxygens (including phenoxy) is 1. The number of amides is 3. The molecule has 3 rings (SSSR count). The van der Waals surface area contributed by atoms with Crippen LogP contribution in [0, 0.1) is 0 Å². The van der Waals surface area contributed by atoms with Crippen molar-refractivity contribution in [3.05, 3.63) is 72.8 Å². The zero-order valence-corrected chi connectivity index (χ0v) is 18.5. The van der Waals surface area contributed by atoms with Crippen LogP contribution in [0.1, 0.15) is 38.8 Å². The van der Waals surface area contributed by atoms with Crippen LogP contribution in [-0.2, 0) is 10.3 Å². The molecule has 1 atom stereocenters. The van der Waals surface area contributed by atoms with E-state index in [-0.39, 0.29) is 11.9 Å². The molecule has 1 heterocycles. The van der Waals surface area contributed by atoms with E-state index in [4.69, 9.17) is 4.74 Å². The molecule has 0 aromatic heterocycles. The Hall–Kier alpha value is -3.54. The number of hydrogen-bond acceptors (Lipinski definition) is 3. The van der Waals surface area contributed by atoms with Crippen LogP contribution in [0.3, 0.4) is 0 Å². The van der Waals surface area contributed by atoms with Crippen molar-refractivity contribution in [2.24, 2.45) is 0 Å². The lowest BCUT2D eigenvalue weighted by Gasteiger charge is -2.32. The molecule has 0 radical (unpaired) electrons. The van der Waals surface area contributed by atoms with Gasteiger partial charge in [0.25, 0.3) is 5.91 Å². The Bertz CT molecular complexity index is 1040. The second-order valence-electron chi connectivity index (χ2n) is 8.25. The summed E-state index contributed by atoms with van der Waals surface area (Å²) in [6.45, 7) is 15.6. The lowest BCUT2D eigenvalue weighted by atomic mass is 9.92. The molecule has 0 bridgehead atoms. The first-order valence-corrected chi connectivity index (χ1v) is 10.2. The average Bonchev–Trinajstić information content (AvgIpc) is 2.71. The Kier molecular flexibility index (Phi) is 6.20. The molecule has 162 valence electrons. The lowest BCUT2D eigenvalue weighted by molar-refractivity contribution is -0.125. The smallest absolute Gasteiger partial charge is 0.319 e.